The SMILES string of the molecule is CN(c1nc2ccccc2cc1/C=C/C(=O)O)C1CCC1. The summed E-state index contributed by atoms with van der Waals surface area (Å²) < 4.78 is 0. The van der Waals surface area contributed by atoms with Gasteiger partial charge in [0.1, 0.15) is 5.82 Å². The fourth-order valence-electron chi connectivity index (χ4n) is 2.64. The first-order valence-electron chi connectivity index (χ1n) is 7.19. The molecule has 1 N–H and O–H groups in total. The van der Waals surface area contributed by atoms with Gasteiger partial charge in [-0.15, -0.1) is 0 Å². The van der Waals surface area contributed by atoms with Crippen LogP contribution in [-0.4, -0.2) is 29.1 Å². The van der Waals surface area contributed by atoms with Crippen LogP contribution < -0.4 is 4.90 Å². The van der Waals surface area contributed by atoms with Gasteiger partial charge in [-0.05, 0) is 37.5 Å². The Labute approximate surface area is 123 Å². The summed E-state index contributed by atoms with van der Waals surface area (Å²) in [6, 6.07) is 10.4. The summed E-state index contributed by atoms with van der Waals surface area (Å²) in [6.07, 6.45) is 6.40. The standard InChI is InChI=1S/C17H18N2O2/c1-19(14-6-4-7-14)17-13(9-10-16(20)21)11-12-5-2-3-8-15(12)18-17/h2-3,5,8-11,14H,4,6-7H2,1H3,(H,20,21)/b10-9+. The Morgan fingerprint density at radius 2 is 2.14 bits per heavy atom. The fraction of sp³-hybridized carbons (Fsp3) is 0.294. The van der Waals surface area contributed by atoms with E-state index in [4.69, 9.17) is 10.1 Å². The van der Waals surface area contributed by atoms with Crippen LogP contribution in [-0.2, 0) is 4.79 Å². The summed E-state index contributed by atoms with van der Waals surface area (Å²) in [5, 5.41) is 9.88. The largest absolute Gasteiger partial charge is 0.478 e. The lowest BCUT2D eigenvalue weighted by Gasteiger charge is -2.36. The Balaban J connectivity index is 2.08. The first-order chi connectivity index (χ1) is 10.1. The fourth-order valence-corrected chi connectivity index (χ4v) is 2.64. The molecule has 0 spiro atoms. The summed E-state index contributed by atoms with van der Waals surface area (Å²) in [5.41, 5.74) is 1.79. The van der Waals surface area contributed by atoms with E-state index in [1.807, 2.05) is 37.4 Å². The average molecular weight is 282 g/mol. The number of aromatic nitrogens is 1. The molecule has 0 saturated heterocycles. The highest BCUT2D eigenvalue weighted by molar-refractivity contribution is 5.90. The second-order valence-electron chi connectivity index (χ2n) is 5.46. The summed E-state index contributed by atoms with van der Waals surface area (Å²) in [5.74, 6) is -0.0868. The van der Waals surface area contributed by atoms with Gasteiger partial charge in [0.05, 0.1) is 5.52 Å². The van der Waals surface area contributed by atoms with E-state index in [9.17, 15) is 4.79 Å². The monoisotopic (exact) mass is 282 g/mol. The molecule has 1 aromatic carbocycles. The third-order valence-electron chi connectivity index (χ3n) is 4.09. The number of para-hydroxylation sites is 1. The minimum atomic E-state index is -0.944. The van der Waals surface area contributed by atoms with E-state index in [1.54, 1.807) is 6.08 Å². The predicted molar refractivity (Wildman–Crippen MR) is 84.5 cm³/mol. The molecule has 2 aromatic rings. The number of aliphatic carboxylic acids is 1. The van der Waals surface area contributed by atoms with Crippen molar-refractivity contribution in [2.75, 3.05) is 11.9 Å². The second-order valence-corrected chi connectivity index (χ2v) is 5.46. The molecule has 108 valence electrons. The number of carboxylic acid groups (broad SMARTS) is 1. The van der Waals surface area contributed by atoms with Gasteiger partial charge >= 0.3 is 5.97 Å². The molecule has 0 amide bonds. The van der Waals surface area contributed by atoms with Gasteiger partial charge in [0.2, 0.25) is 0 Å². The molecule has 4 nitrogen and oxygen atoms in total. The van der Waals surface area contributed by atoms with Crippen LogP contribution in [0, 0.1) is 0 Å². The Bertz CT molecular complexity index is 705. The van der Waals surface area contributed by atoms with Gasteiger partial charge in [-0.25, -0.2) is 9.78 Å². The van der Waals surface area contributed by atoms with Crippen molar-refractivity contribution in [1.29, 1.82) is 0 Å². The average Bonchev–Trinajstić information content (AvgIpc) is 2.42. The van der Waals surface area contributed by atoms with Gasteiger partial charge in [0.25, 0.3) is 0 Å². The Kier molecular flexibility index (Phi) is 3.60. The Morgan fingerprint density at radius 1 is 1.38 bits per heavy atom. The molecular formula is C17H18N2O2. The molecule has 0 atom stereocenters. The number of pyridine rings is 1. The lowest BCUT2D eigenvalue weighted by molar-refractivity contribution is -0.131. The smallest absolute Gasteiger partial charge is 0.328 e. The lowest BCUT2D eigenvalue weighted by atomic mass is 9.91. The Morgan fingerprint density at radius 3 is 2.81 bits per heavy atom. The van der Waals surface area contributed by atoms with Crippen LogP contribution in [0.1, 0.15) is 24.8 Å². The molecule has 1 aromatic heterocycles. The van der Waals surface area contributed by atoms with E-state index in [0.29, 0.717) is 6.04 Å². The van der Waals surface area contributed by atoms with Crippen LogP contribution in [0.25, 0.3) is 17.0 Å². The zero-order valence-corrected chi connectivity index (χ0v) is 12.0. The van der Waals surface area contributed by atoms with Crippen molar-refractivity contribution >= 4 is 28.8 Å². The van der Waals surface area contributed by atoms with Crippen molar-refractivity contribution < 1.29 is 9.90 Å². The van der Waals surface area contributed by atoms with Crippen LogP contribution in [0.2, 0.25) is 0 Å². The summed E-state index contributed by atoms with van der Waals surface area (Å²) in [4.78, 5) is 17.7. The summed E-state index contributed by atoms with van der Waals surface area (Å²) in [7, 11) is 2.04. The minimum Gasteiger partial charge on any atom is -0.478 e. The van der Waals surface area contributed by atoms with Crippen LogP contribution >= 0.6 is 0 Å². The van der Waals surface area contributed by atoms with Gasteiger partial charge < -0.3 is 10.0 Å². The van der Waals surface area contributed by atoms with E-state index in [-0.39, 0.29) is 0 Å². The van der Waals surface area contributed by atoms with E-state index in [0.717, 1.165) is 22.3 Å². The number of benzene rings is 1. The van der Waals surface area contributed by atoms with Crippen molar-refractivity contribution in [3.63, 3.8) is 0 Å². The number of carbonyl (C=O) groups is 1. The van der Waals surface area contributed by atoms with Gasteiger partial charge in [0, 0.05) is 30.1 Å². The van der Waals surface area contributed by atoms with Gasteiger partial charge in [-0.2, -0.15) is 0 Å². The molecule has 21 heavy (non-hydrogen) atoms. The van der Waals surface area contributed by atoms with Crippen LogP contribution in [0.3, 0.4) is 0 Å². The maximum absolute atomic E-state index is 10.8. The summed E-state index contributed by atoms with van der Waals surface area (Å²) in [6.45, 7) is 0. The third-order valence-corrected chi connectivity index (χ3v) is 4.09. The molecule has 0 unspecified atom stereocenters. The van der Waals surface area contributed by atoms with Gasteiger partial charge in [-0.3, -0.25) is 0 Å². The molecule has 1 aliphatic rings. The second kappa shape index (κ2) is 5.56. The number of carboxylic acids is 1. The Hall–Kier alpha value is -2.36. The molecule has 1 aliphatic carbocycles. The number of anilines is 1. The number of rotatable bonds is 4. The highest BCUT2D eigenvalue weighted by Crippen LogP contribution is 2.31. The first-order valence-corrected chi connectivity index (χ1v) is 7.19. The predicted octanol–water partition coefficient (Wildman–Crippen LogP) is 3.32. The van der Waals surface area contributed by atoms with Crippen molar-refractivity contribution in [2.45, 2.75) is 25.3 Å². The first kappa shape index (κ1) is 13.6. The molecular weight excluding hydrogens is 264 g/mol. The van der Waals surface area contributed by atoms with Gasteiger partial charge in [0.15, 0.2) is 0 Å². The van der Waals surface area contributed by atoms with E-state index < -0.39 is 5.97 Å². The van der Waals surface area contributed by atoms with Crippen LogP contribution in [0.4, 0.5) is 5.82 Å². The molecule has 1 saturated carbocycles. The van der Waals surface area contributed by atoms with E-state index in [1.165, 1.54) is 25.3 Å². The molecule has 0 radical (unpaired) electrons. The molecule has 0 aliphatic heterocycles. The van der Waals surface area contributed by atoms with Crippen molar-refractivity contribution in [3.05, 3.63) is 42.0 Å². The molecule has 1 fully saturated rings. The lowest BCUT2D eigenvalue weighted by Crippen LogP contribution is -2.38. The zero-order chi connectivity index (χ0) is 14.8. The highest BCUT2D eigenvalue weighted by Gasteiger charge is 2.24. The topological polar surface area (TPSA) is 53.4 Å². The molecule has 0 bridgehead atoms. The van der Waals surface area contributed by atoms with Crippen molar-refractivity contribution in [2.24, 2.45) is 0 Å². The minimum absolute atomic E-state index is 0.510. The molecule has 1 heterocycles. The van der Waals surface area contributed by atoms with Crippen molar-refractivity contribution in [3.8, 4) is 0 Å². The van der Waals surface area contributed by atoms with Crippen LogP contribution in [0.5, 0.6) is 0 Å². The van der Waals surface area contributed by atoms with Crippen LogP contribution in [0.15, 0.2) is 36.4 Å². The van der Waals surface area contributed by atoms with Crippen molar-refractivity contribution in [1.82, 2.24) is 4.98 Å². The third kappa shape index (κ3) is 2.75. The number of nitrogens with zero attached hydrogens (tertiary/aromatic N) is 2. The zero-order valence-electron chi connectivity index (χ0n) is 12.0. The number of fused-ring (bicyclic) bond motifs is 1. The molecule has 3 rings (SSSR count). The molecule has 4 heteroatoms. The maximum atomic E-state index is 10.8. The quantitative estimate of drug-likeness (QED) is 0.874. The number of hydrogen-bond acceptors (Lipinski definition) is 3. The maximum Gasteiger partial charge on any atom is 0.328 e. The van der Waals surface area contributed by atoms with E-state index >= 15 is 0 Å². The van der Waals surface area contributed by atoms with Gasteiger partial charge in [-0.1, -0.05) is 18.2 Å². The normalized spacial score (nSPS) is 15.3. The summed E-state index contributed by atoms with van der Waals surface area (Å²) >= 11 is 0. The number of hydrogen-bond donors (Lipinski definition) is 1. The van der Waals surface area contributed by atoms with E-state index in [2.05, 4.69) is 4.90 Å². The highest BCUT2D eigenvalue weighted by atomic mass is 16.4.